The molecule has 0 bridgehead atoms. The molecule has 0 radical (unpaired) electrons. The van der Waals surface area contributed by atoms with Crippen molar-refractivity contribution in [1.29, 1.82) is 0 Å². The SMILES string of the molecule is COc1ccccc1N1CC(C(=O)N2CCNCC2c2cccnc2)CC1=O.Cl. The number of methoxy groups -OCH3 is 1. The lowest BCUT2D eigenvalue weighted by Gasteiger charge is -2.37. The number of ether oxygens (including phenoxy) is 1. The van der Waals surface area contributed by atoms with Gasteiger partial charge in [0, 0.05) is 45.0 Å². The maximum absolute atomic E-state index is 13.3. The molecule has 0 aliphatic carbocycles. The molecule has 1 N–H and O–H groups in total. The van der Waals surface area contributed by atoms with Crippen molar-refractivity contribution in [3.63, 3.8) is 0 Å². The molecule has 154 valence electrons. The minimum absolute atomic E-state index is 0. The van der Waals surface area contributed by atoms with Gasteiger partial charge in [0.25, 0.3) is 0 Å². The third kappa shape index (κ3) is 4.21. The van der Waals surface area contributed by atoms with Crippen molar-refractivity contribution < 1.29 is 14.3 Å². The first-order valence-corrected chi connectivity index (χ1v) is 9.53. The van der Waals surface area contributed by atoms with E-state index in [0.717, 1.165) is 17.8 Å². The number of hydrogen-bond donors (Lipinski definition) is 1. The Labute approximate surface area is 176 Å². The first-order chi connectivity index (χ1) is 13.7. The number of halogens is 1. The number of para-hydroxylation sites is 2. The number of benzene rings is 1. The summed E-state index contributed by atoms with van der Waals surface area (Å²) >= 11 is 0. The van der Waals surface area contributed by atoms with E-state index in [1.54, 1.807) is 24.4 Å². The molecule has 3 heterocycles. The van der Waals surface area contributed by atoms with Gasteiger partial charge in [-0.15, -0.1) is 12.4 Å². The van der Waals surface area contributed by atoms with Gasteiger partial charge < -0.3 is 19.9 Å². The highest BCUT2D eigenvalue weighted by molar-refractivity contribution is 6.01. The molecular weight excluding hydrogens is 392 g/mol. The quantitative estimate of drug-likeness (QED) is 0.825. The molecule has 2 amide bonds. The summed E-state index contributed by atoms with van der Waals surface area (Å²) in [6.07, 6.45) is 3.76. The summed E-state index contributed by atoms with van der Waals surface area (Å²) < 4.78 is 5.39. The van der Waals surface area contributed by atoms with Crippen LogP contribution in [-0.2, 0) is 9.59 Å². The van der Waals surface area contributed by atoms with Gasteiger partial charge >= 0.3 is 0 Å². The fraction of sp³-hybridized carbons (Fsp3) is 0.381. The molecule has 1 aromatic carbocycles. The number of carbonyl (C=O) groups excluding carboxylic acids is 2. The number of carbonyl (C=O) groups is 2. The third-order valence-electron chi connectivity index (χ3n) is 5.45. The first-order valence-electron chi connectivity index (χ1n) is 9.53. The van der Waals surface area contributed by atoms with E-state index >= 15 is 0 Å². The van der Waals surface area contributed by atoms with Crippen molar-refractivity contribution in [3.8, 4) is 5.75 Å². The van der Waals surface area contributed by atoms with Crippen LogP contribution in [0.5, 0.6) is 5.75 Å². The van der Waals surface area contributed by atoms with Gasteiger partial charge in [-0.05, 0) is 23.8 Å². The summed E-state index contributed by atoms with van der Waals surface area (Å²) in [5.41, 5.74) is 1.73. The van der Waals surface area contributed by atoms with Gasteiger partial charge in [0.05, 0.1) is 24.8 Å². The van der Waals surface area contributed by atoms with Gasteiger partial charge in [0.15, 0.2) is 0 Å². The summed E-state index contributed by atoms with van der Waals surface area (Å²) in [6, 6.07) is 11.2. The van der Waals surface area contributed by atoms with E-state index in [-0.39, 0.29) is 42.6 Å². The molecular formula is C21H25ClN4O3. The van der Waals surface area contributed by atoms with E-state index < -0.39 is 0 Å². The number of pyridine rings is 1. The van der Waals surface area contributed by atoms with Crippen molar-refractivity contribution in [2.24, 2.45) is 5.92 Å². The number of aromatic nitrogens is 1. The monoisotopic (exact) mass is 416 g/mol. The fourth-order valence-corrected chi connectivity index (χ4v) is 4.03. The number of piperazine rings is 1. The Hall–Kier alpha value is -2.64. The van der Waals surface area contributed by atoms with Crippen molar-refractivity contribution in [2.45, 2.75) is 12.5 Å². The number of nitrogens with zero attached hydrogens (tertiary/aromatic N) is 3. The van der Waals surface area contributed by atoms with Crippen LogP contribution in [-0.4, -0.2) is 55.0 Å². The summed E-state index contributed by atoms with van der Waals surface area (Å²) in [7, 11) is 1.58. The maximum atomic E-state index is 13.3. The summed E-state index contributed by atoms with van der Waals surface area (Å²) in [5, 5.41) is 3.35. The first kappa shape index (κ1) is 21.1. The number of rotatable bonds is 4. The topological polar surface area (TPSA) is 74.8 Å². The molecule has 2 fully saturated rings. The second kappa shape index (κ2) is 9.24. The molecule has 8 heteroatoms. The highest BCUT2D eigenvalue weighted by Gasteiger charge is 2.40. The second-order valence-corrected chi connectivity index (χ2v) is 7.12. The smallest absolute Gasteiger partial charge is 0.228 e. The zero-order valence-electron chi connectivity index (χ0n) is 16.3. The van der Waals surface area contributed by atoms with Crippen LogP contribution in [0.1, 0.15) is 18.0 Å². The average molecular weight is 417 g/mol. The number of hydrogen-bond acceptors (Lipinski definition) is 5. The van der Waals surface area contributed by atoms with Gasteiger partial charge in [0.1, 0.15) is 5.75 Å². The van der Waals surface area contributed by atoms with E-state index in [9.17, 15) is 9.59 Å². The van der Waals surface area contributed by atoms with Crippen LogP contribution in [0.3, 0.4) is 0 Å². The summed E-state index contributed by atoms with van der Waals surface area (Å²) in [4.78, 5) is 33.8. The number of nitrogens with one attached hydrogen (secondary N) is 1. The van der Waals surface area contributed by atoms with Gasteiger partial charge in [-0.3, -0.25) is 14.6 Å². The zero-order valence-corrected chi connectivity index (χ0v) is 17.1. The third-order valence-corrected chi connectivity index (χ3v) is 5.45. The van der Waals surface area contributed by atoms with Crippen LogP contribution < -0.4 is 15.0 Å². The molecule has 2 unspecified atom stereocenters. The molecule has 4 rings (SSSR count). The lowest BCUT2D eigenvalue weighted by atomic mass is 10.0. The summed E-state index contributed by atoms with van der Waals surface area (Å²) in [6.45, 7) is 2.44. The Balaban J connectivity index is 0.00000240. The molecule has 2 aliphatic heterocycles. The summed E-state index contributed by atoms with van der Waals surface area (Å²) in [5.74, 6) is 0.269. The Bertz CT molecular complexity index is 864. The normalized spacial score (nSPS) is 21.6. The minimum Gasteiger partial charge on any atom is -0.495 e. The molecule has 2 aromatic rings. The molecule has 0 spiro atoms. The Morgan fingerprint density at radius 1 is 1.24 bits per heavy atom. The second-order valence-electron chi connectivity index (χ2n) is 7.12. The van der Waals surface area contributed by atoms with E-state index in [4.69, 9.17) is 4.74 Å². The highest BCUT2D eigenvalue weighted by Crippen LogP contribution is 2.34. The van der Waals surface area contributed by atoms with E-state index in [2.05, 4.69) is 10.3 Å². The highest BCUT2D eigenvalue weighted by atomic mass is 35.5. The lowest BCUT2D eigenvalue weighted by Crippen LogP contribution is -2.50. The van der Waals surface area contributed by atoms with Crippen molar-refractivity contribution in [2.75, 3.05) is 38.2 Å². The van der Waals surface area contributed by atoms with Gasteiger partial charge in [0.2, 0.25) is 11.8 Å². The molecule has 0 saturated carbocycles. The molecule has 1 aromatic heterocycles. The van der Waals surface area contributed by atoms with Gasteiger partial charge in [-0.25, -0.2) is 0 Å². The Morgan fingerprint density at radius 3 is 2.83 bits per heavy atom. The molecule has 7 nitrogen and oxygen atoms in total. The van der Waals surface area contributed by atoms with Crippen LogP contribution in [0.15, 0.2) is 48.8 Å². The van der Waals surface area contributed by atoms with E-state index in [1.165, 1.54) is 0 Å². The Kier molecular flexibility index (Phi) is 6.71. The maximum Gasteiger partial charge on any atom is 0.228 e. The van der Waals surface area contributed by atoms with Gasteiger partial charge in [-0.1, -0.05) is 18.2 Å². The lowest BCUT2D eigenvalue weighted by molar-refractivity contribution is -0.139. The van der Waals surface area contributed by atoms with Crippen LogP contribution >= 0.6 is 12.4 Å². The predicted octanol–water partition coefficient (Wildman–Crippen LogP) is 2.04. The minimum atomic E-state index is -0.352. The molecule has 29 heavy (non-hydrogen) atoms. The number of anilines is 1. The van der Waals surface area contributed by atoms with Crippen molar-refractivity contribution in [1.82, 2.24) is 15.2 Å². The standard InChI is InChI=1S/C21H24N4O3.ClH/c1-28-19-7-3-2-6-17(19)25-14-16(11-20(25)26)21(27)24-10-9-23-13-18(24)15-5-4-8-22-12-15;/h2-8,12,16,18,23H,9-11,13-14H2,1H3;1H. The number of amides is 2. The molecule has 2 saturated heterocycles. The van der Waals surface area contributed by atoms with Crippen LogP contribution in [0, 0.1) is 5.92 Å². The Morgan fingerprint density at radius 2 is 2.07 bits per heavy atom. The van der Waals surface area contributed by atoms with E-state index in [1.807, 2.05) is 41.3 Å². The molecule has 2 aliphatic rings. The largest absolute Gasteiger partial charge is 0.495 e. The van der Waals surface area contributed by atoms with E-state index in [0.29, 0.717) is 25.4 Å². The fourth-order valence-electron chi connectivity index (χ4n) is 4.03. The predicted molar refractivity (Wildman–Crippen MR) is 112 cm³/mol. The van der Waals surface area contributed by atoms with Gasteiger partial charge in [-0.2, -0.15) is 0 Å². The van der Waals surface area contributed by atoms with Crippen LogP contribution in [0.2, 0.25) is 0 Å². The average Bonchev–Trinajstić information content (AvgIpc) is 3.15. The molecule has 2 atom stereocenters. The van der Waals surface area contributed by atoms with Crippen LogP contribution in [0.25, 0.3) is 0 Å². The van der Waals surface area contributed by atoms with Crippen LogP contribution in [0.4, 0.5) is 5.69 Å². The van der Waals surface area contributed by atoms with Crippen molar-refractivity contribution >= 4 is 29.9 Å². The zero-order chi connectivity index (χ0) is 19.5. The van der Waals surface area contributed by atoms with Crippen molar-refractivity contribution in [3.05, 3.63) is 54.4 Å².